The van der Waals surface area contributed by atoms with Crippen molar-refractivity contribution in [2.45, 2.75) is 18.8 Å². The summed E-state index contributed by atoms with van der Waals surface area (Å²) in [5.41, 5.74) is 2.50. The molecule has 118 valence electrons. The van der Waals surface area contributed by atoms with Crippen LogP contribution < -0.4 is 4.90 Å². The van der Waals surface area contributed by atoms with Crippen molar-refractivity contribution in [3.8, 4) is 0 Å². The highest BCUT2D eigenvalue weighted by molar-refractivity contribution is 6.42. The predicted molar refractivity (Wildman–Crippen MR) is 98.9 cm³/mol. The van der Waals surface area contributed by atoms with Crippen molar-refractivity contribution < 1.29 is 0 Å². The molecule has 0 atom stereocenters. The molecule has 1 N–H and O–H groups in total. The molecule has 23 heavy (non-hydrogen) atoms. The van der Waals surface area contributed by atoms with E-state index in [1.165, 1.54) is 18.4 Å². The minimum Gasteiger partial charge on any atom is -0.358 e. The quantitative estimate of drug-likeness (QED) is 0.616. The Hall–Kier alpha value is -1.64. The van der Waals surface area contributed by atoms with Gasteiger partial charge in [0.1, 0.15) is 5.82 Å². The number of halogens is 2. The maximum Gasteiger partial charge on any atom is 0.106 e. The molecule has 0 unspecified atom stereocenters. The van der Waals surface area contributed by atoms with Gasteiger partial charge >= 0.3 is 0 Å². The summed E-state index contributed by atoms with van der Waals surface area (Å²) < 4.78 is 0. The van der Waals surface area contributed by atoms with Gasteiger partial charge in [-0.25, -0.2) is 0 Å². The van der Waals surface area contributed by atoms with Crippen molar-refractivity contribution in [3.63, 3.8) is 0 Å². The first-order valence-electron chi connectivity index (χ1n) is 7.98. The first-order chi connectivity index (χ1) is 11.2. The van der Waals surface area contributed by atoms with E-state index in [2.05, 4.69) is 46.3 Å². The topological polar surface area (TPSA) is 19.0 Å². The van der Waals surface area contributed by atoms with Gasteiger partial charge in [-0.3, -0.25) is 0 Å². The Bertz CT molecular complexity index is 779. The maximum atomic E-state index is 6.11. The van der Waals surface area contributed by atoms with Gasteiger partial charge in [0.25, 0.3) is 0 Å². The molecule has 2 heterocycles. The molecular weight excluding hydrogens is 327 g/mol. The molecule has 4 heteroatoms. The molecule has 1 aliphatic heterocycles. The summed E-state index contributed by atoms with van der Waals surface area (Å²) in [4.78, 5) is 5.89. The van der Waals surface area contributed by atoms with Crippen LogP contribution in [0.4, 0.5) is 5.82 Å². The number of rotatable bonds is 2. The van der Waals surface area contributed by atoms with Gasteiger partial charge in [-0.1, -0.05) is 53.5 Å². The molecule has 1 saturated heterocycles. The highest BCUT2D eigenvalue weighted by atomic mass is 35.5. The number of hydrogen-bond donors (Lipinski definition) is 1. The normalized spacial score (nSPS) is 16.2. The summed E-state index contributed by atoms with van der Waals surface area (Å²) in [7, 11) is 0. The summed E-state index contributed by atoms with van der Waals surface area (Å²) in [5.74, 6) is 1.82. The molecular formula is C19H18Cl2N2. The average molecular weight is 345 g/mol. The lowest BCUT2D eigenvalue weighted by Gasteiger charge is -2.32. The van der Waals surface area contributed by atoms with Crippen LogP contribution in [0.1, 0.15) is 24.3 Å². The number of nitrogens with one attached hydrogen (secondary N) is 1. The van der Waals surface area contributed by atoms with Crippen molar-refractivity contribution >= 4 is 39.9 Å². The van der Waals surface area contributed by atoms with E-state index in [0.29, 0.717) is 16.0 Å². The van der Waals surface area contributed by atoms with Crippen LogP contribution in [0.25, 0.3) is 10.9 Å². The third kappa shape index (κ3) is 2.93. The maximum absolute atomic E-state index is 6.11. The Balaban J connectivity index is 1.52. The lowest BCUT2D eigenvalue weighted by Crippen LogP contribution is -2.33. The fraction of sp³-hybridized carbons (Fsp3) is 0.263. The molecule has 0 aliphatic carbocycles. The van der Waals surface area contributed by atoms with Gasteiger partial charge < -0.3 is 9.88 Å². The summed E-state index contributed by atoms with van der Waals surface area (Å²) >= 11 is 12.2. The van der Waals surface area contributed by atoms with Gasteiger partial charge in [-0.05, 0) is 42.5 Å². The largest absolute Gasteiger partial charge is 0.358 e. The molecule has 4 rings (SSSR count). The van der Waals surface area contributed by atoms with Crippen molar-refractivity contribution in [2.24, 2.45) is 0 Å². The van der Waals surface area contributed by atoms with E-state index < -0.39 is 0 Å². The molecule has 1 fully saturated rings. The lowest BCUT2D eigenvalue weighted by atomic mass is 9.89. The fourth-order valence-electron chi connectivity index (χ4n) is 3.46. The van der Waals surface area contributed by atoms with E-state index in [4.69, 9.17) is 23.2 Å². The summed E-state index contributed by atoms with van der Waals surface area (Å²) in [6.45, 7) is 2.13. The molecule has 2 aromatic carbocycles. The summed E-state index contributed by atoms with van der Waals surface area (Å²) in [6, 6.07) is 16.8. The lowest BCUT2D eigenvalue weighted by molar-refractivity contribution is 0.503. The highest BCUT2D eigenvalue weighted by Gasteiger charge is 2.21. The molecule has 1 aliphatic rings. The van der Waals surface area contributed by atoms with E-state index in [1.54, 1.807) is 0 Å². The van der Waals surface area contributed by atoms with Crippen LogP contribution in [0.3, 0.4) is 0 Å². The number of nitrogens with zero attached hydrogens (tertiary/aromatic N) is 1. The number of benzene rings is 2. The third-order valence-corrected chi connectivity index (χ3v) is 5.48. The van der Waals surface area contributed by atoms with Crippen LogP contribution in [-0.4, -0.2) is 18.1 Å². The smallest absolute Gasteiger partial charge is 0.106 e. The van der Waals surface area contributed by atoms with Gasteiger partial charge in [0, 0.05) is 24.0 Å². The van der Waals surface area contributed by atoms with Gasteiger partial charge in [0.2, 0.25) is 0 Å². The molecule has 3 aromatic rings. The van der Waals surface area contributed by atoms with E-state index >= 15 is 0 Å². The number of piperidine rings is 1. The first-order valence-corrected chi connectivity index (χ1v) is 8.74. The van der Waals surface area contributed by atoms with E-state index in [-0.39, 0.29) is 0 Å². The molecule has 1 aromatic heterocycles. The zero-order valence-electron chi connectivity index (χ0n) is 12.7. The van der Waals surface area contributed by atoms with Crippen LogP contribution in [0.2, 0.25) is 10.0 Å². The minimum absolute atomic E-state index is 0.593. The number of aromatic amines is 1. The highest BCUT2D eigenvalue weighted by Crippen LogP contribution is 2.33. The number of anilines is 1. The number of aromatic nitrogens is 1. The van der Waals surface area contributed by atoms with Gasteiger partial charge in [-0.2, -0.15) is 0 Å². The monoisotopic (exact) mass is 344 g/mol. The zero-order chi connectivity index (χ0) is 15.8. The summed E-state index contributed by atoms with van der Waals surface area (Å²) in [5, 5.41) is 2.31. The number of H-pyrrole nitrogens is 1. The van der Waals surface area contributed by atoms with Crippen molar-refractivity contribution in [1.82, 2.24) is 4.98 Å². The molecule has 0 bridgehead atoms. The summed E-state index contributed by atoms with van der Waals surface area (Å²) in [6.07, 6.45) is 2.36. The second-order valence-corrected chi connectivity index (χ2v) is 6.99. The predicted octanol–water partition coefficient (Wildman–Crippen LogP) is 5.86. The van der Waals surface area contributed by atoms with Crippen LogP contribution in [0, 0.1) is 0 Å². The third-order valence-electron chi connectivity index (χ3n) is 4.75. The van der Waals surface area contributed by atoms with Crippen LogP contribution in [0.5, 0.6) is 0 Å². The van der Waals surface area contributed by atoms with Crippen LogP contribution in [-0.2, 0) is 0 Å². The number of fused-ring (bicyclic) bond motifs is 1. The van der Waals surface area contributed by atoms with Gasteiger partial charge in [0.05, 0.1) is 10.0 Å². The number of hydrogen-bond acceptors (Lipinski definition) is 1. The Morgan fingerprint density at radius 1 is 0.913 bits per heavy atom. The molecule has 0 amide bonds. The molecule has 0 saturated carbocycles. The SMILES string of the molecule is Clc1cc2cc(N3CCC(c4ccccc4)CC3)[nH]c2cc1Cl. The Morgan fingerprint density at radius 3 is 2.35 bits per heavy atom. The van der Waals surface area contributed by atoms with E-state index in [1.807, 2.05) is 12.1 Å². The Morgan fingerprint density at radius 2 is 1.61 bits per heavy atom. The zero-order valence-corrected chi connectivity index (χ0v) is 14.2. The molecule has 0 spiro atoms. The fourth-order valence-corrected chi connectivity index (χ4v) is 3.80. The van der Waals surface area contributed by atoms with Gasteiger partial charge in [0.15, 0.2) is 0 Å². The van der Waals surface area contributed by atoms with Crippen molar-refractivity contribution in [2.75, 3.05) is 18.0 Å². The van der Waals surface area contributed by atoms with Gasteiger partial charge in [-0.15, -0.1) is 0 Å². The second-order valence-electron chi connectivity index (χ2n) is 6.18. The van der Waals surface area contributed by atoms with Crippen molar-refractivity contribution in [3.05, 3.63) is 64.1 Å². The minimum atomic E-state index is 0.593. The Kier molecular flexibility index (Phi) is 3.96. The van der Waals surface area contributed by atoms with Crippen LogP contribution >= 0.6 is 23.2 Å². The molecule has 0 radical (unpaired) electrons. The second kappa shape index (κ2) is 6.10. The van der Waals surface area contributed by atoms with Crippen molar-refractivity contribution in [1.29, 1.82) is 0 Å². The van der Waals surface area contributed by atoms with Crippen LogP contribution in [0.15, 0.2) is 48.5 Å². The van der Waals surface area contributed by atoms with E-state index in [0.717, 1.165) is 29.8 Å². The first kappa shape index (κ1) is 14.9. The Labute approximate surface area is 146 Å². The average Bonchev–Trinajstić information content (AvgIpc) is 2.99. The molecule has 2 nitrogen and oxygen atoms in total. The standard InChI is InChI=1S/C19H18Cl2N2/c20-16-10-15-11-19(22-18(15)12-17(16)21)23-8-6-14(7-9-23)13-4-2-1-3-5-13/h1-5,10-12,14,22H,6-9H2. The van der Waals surface area contributed by atoms with E-state index in [9.17, 15) is 0 Å².